The molecule has 3 aliphatic heterocycles. The summed E-state index contributed by atoms with van der Waals surface area (Å²) >= 11 is 0. The molecule has 1 aromatic heterocycles. The third kappa shape index (κ3) is 3.58. The van der Waals surface area contributed by atoms with E-state index in [1.54, 1.807) is 18.6 Å². The normalized spacial score (nSPS) is 34.1. The van der Waals surface area contributed by atoms with Crippen molar-refractivity contribution in [2.24, 2.45) is 17.8 Å². The topological polar surface area (TPSA) is 49.3 Å². The van der Waals surface area contributed by atoms with Crippen LogP contribution in [-0.4, -0.2) is 57.4 Å². The van der Waals surface area contributed by atoms with Gasteiger partial charge in [0.25, 0.3) is 5.91 Å². The number of likely N-dealkylation sites (tertiary alicyclic amines) is 1. The summed E-state index contributed by atoms with van der Waals surface area (Å²) in [5, 5.41) is 0. The Morgan fingerprint density at radius 3 is 2.64 bits per heavy atom. The smallest absolute Gasteiger partial charge is 0.274 e. The lowest BCUT2D eigenvalue weighted by Crippen LogP contribution is -2.64. The SMILES string of the molecule is O=C(c1cnccn1)N1C[C@H]2C[C@@H](C1)[C@H](CC1CCCCC1)N1CCCC[C@@H]21. The van der Waals surface area contributed by atoms with Gasteiger partial charge in [0.15, 0.2) is 0 Å². The molecular formula is C23H34N4O. The fourth-order valence-corrected chi connectivity index (χ4v) is 6.73. The lowest BCUT2D eigenvalue weighted by Gasteiger charge is -2.57. The fourth-order valence-electron chi connectivity index (χ4n) is 6.73. The minimum Gasteiger partial charge on any atom is -0.337 e. The van der Waals surface area contributed by atoms with Crippen LogP contribution in [0.4, 0.5) is 0 Å². The molecule has 2 bridgehead atoms. The molecule has 4 heterocycles. The van der Waals surface area contributed by atoms with Gasteiger partial charge in [-0.05, 0) is 50.0 Å². The summed E-state index contributed by atoms with van der Waals surface area (Å²) in [6.45, 7) is 3.10. The molecule has 0 spiro atoms. The molecule has 4 atom stereocenters. The van der Waals surface area contributed by atoms with Crippen LogP contribution in [0.25, 0.3) is 0 Å². The summed E-state index contributed by atoms with van der Waals surface area (Å²) in [5.41, 5.74) is 0.506. The lowest BCUT2D eigenvalue weighted by molar-refractivity contribution is -0.0726. The van der Waals surface area contributed by atoms with E-state index < -0.39 is 0 Å². The average Bonchev–Trinajstić information content (AvgIpc) is 2.77. The van der Waals surface area contributed by atoms with E-state index in [-0.39, 0.29) is 5.91 Å². The Bertz CT molecular complexity index is 674. The number of hydrogen-bond acceptors (Lipinski definition) is 4. The first-order valence-electron chi connectivity index (χ1n) is 11.6. The van der Waals surface area contributed by atoms with E-state index in [1.165, 1.54) is 70.8 Å². The number of nitrogens with zero attached hydrogens (tertiary/aromatic N) is 4. The second-order valence-corrected chi connectivity index (χ2v) is 9.66. The van der Waals surface area contributed by atoms with Gasteiger partial charge < -0.3 is 4.90 Å². The molecule has 4 aliphatic rings. The largest absolute Gasteiger partial charge is 0.337 e. The Morgan fingerprint density at radius 1 is 1.00 bits per heavy atom. The summed E-state index contributed by atoms with van der Waals surface area (Å²) in [6, 6.07) is 1.37. The first kappa shape index (κ1) is 18.5. The lowest BCUT2D eigenvalue weighted by atomic mass is 9.69. The van der Waals surface area contributed by atoms with E-state index >= 15 is 0 Å². The first-order chi connectivity index (χ1) is 13.8. The third-order valence-electron chi connectivity index (χ3n) is 7.99. The molecule has 4 fully saturated rings. The highest BCUT2D eigenvalue weighted by atomic mass is 16.2. The highest BCUT2D eigenvalue weighted by Crippen LogP contribution is 2.44. The zero-order valence-corrected chi connectivity index (χ0v) is 17.0. The second-order valence-electron chi connectivity index (χ2n) is 9.66. The Labute approximate surface area is 168 Å². The summed E-state index contributed by atoms with van der Waals surface area (Å²) in [7, 11) is 0. The maximum atomic E-state index is 13.1. The van der Waals surface area contributed by atoms with Gasteiger partial charge in [-0.3, -0.25) is 14.7 Å². The van der Waals surface area contributed by atoms with Crippen molar-refractivity contribution >= 4 is 5.91 Å². The van der Waals surface area contributed by atoms with Crippen LogP contribution in [0.5, 0.6) is 0 Å². The summed E-state index contributed by atoms with van der Waals surface area (Å²) in [5.74, 6) is 2.27. The molecule has 3 saturated heterocycles. The summed E-state index contributed by atoms with van der Waals surface area (Å²) < 4.78 is 0. The molecule has 1 saturated carbocycles. The van der Waals surface area contributed by atoms with Gasteiger partial charge in [0.2, 0.25) is 0 Å². The molecular weight excluding hydrogens is 348 g/mol. The maximum absolute atomic E-state index is 13.1. The summed E-state index contributed by atoms with van der Waals surface area (Å²) in [4.78, 5) is 26.5. The van der Waals surface area contributed by atoms with Crippen LogP contribution in [0.15, 0.2) is 18.6 Å². The van der Waals surface area contributed by atoms with Crippen LogP contribution < -0.4 is 0 Å². The standard InChI is InChI=1S/C23H34N4O/c28-23(20-14-24-9-10-25-20)26-15-18-13-19(16-26)22(12-17-6-2-1-3-7-17)27-11-5-4-8-21(18)27/h9-10,14,17-19,21-22H,1-8,11-13,15-16H2/t18-,19+,21+,22+/m1/s1. The number of rotatable bonds is 3. The highest BCUT2D eigenvalue weighted by Gasteiger charge is 2.48. The van der Waals surface area contributed by atoms with Gasteiger partial charge in [-0.15, -0.1) is 0 Å². The molecule has 5 nitrogen and oxygen atoms in total. The van der Waals surface area contributed by atoms with E-state index in [2.05, 4.69) is 19.8 Å². The van der Waals surface area contributed by atoms with Gasteiger partial charge in [-0.1, -0.05) is 38.5 Å². The van der Waals surface area contributed by atoms with Gasteiger partial charge in [0.05, 0.1) is 6.20 Å². The molecule has 1 amide bonds. The number of carbonyl (C=O) groups is 1. The van der Waals surface area contributed by atoms with Gasteiger partial charge in [-0.2, -0.15) is 0 Å². The van der Waals surface area contributed by atoms with E-state index in [4.69, 9.17) is 0 Å². The number of fused-ring (bicyclic) bond motifs is 4. The van der Waals surface area contributed by atoms with Crippen molar-refractivity contribution in [3.05, 3.63) is 24.3 Å². The number of amides is 1. The van der Waals surface area contributed by atoms with E-state index in [1.807, 2.05) is 0 Å². The minimum atomic E-state index is 0.0866. The minimum absolute atomic E-state index is 0.0866. The third-order valence-corrected chi connectivity index (χ3v) is 7.99. The molecule has 5 heteroatoms. The van der Waals surface area contributed by atoms with Crippen LogP contribution in [0, 0.1) is 17.8 Å². The van der Waals surface area contributed by atoms with Crippen molar-refractivity contribution in [1.29, 1.82) is 0 Å². The highest BCUT2D eigenvalue weighted by molar-refractivity contribution is 5.92. The van der Waals surface area contributed by atoms with Crippen molar-refractivity contribution in [3.63, 3.8) is 0 Å². The molecule has 152 valence electrons. The van der Waals surface area contributed by atoms with Crippen LogP contribution in [-0.2, 0) is 0 Å². The number of carbonyl (C=O) groups excluding carboxylic acids is 1. The van der Waals surface area contributed by atoms with E-state index in [0.29, 0.717) is 29.6 Å². The molecule has 0 aromatic carbocycles. The van der Waals surface area contributed by atoms with Gasteiger partial charge in [-0.25, -0.2) is 4.98 Å². The van der Waals surface area contributed by atoms with Crippen molar-refractivity contribution in [3.8, 4) is 0 Å². The van der Waals surface area contributed by atoms with Crippen molar-refractivity contribution in [2.45, 2.75) is 76.3 Å². The Kier molecular flexibility index (Phi) is 5.36. The molecule has 1 aliphatic carbocycles. The van der Waals surface area contributed by atoms with E-state index in [0.717, 1.165) is 19.0 Å². The fraction of sp³-hybridized carbons (Fsp3) is 0.783. The van der Waals surface area contributed by atoms with Crippen LogP contribution in [0.3, 0.4) is 0 Å². The Morgan fingerprint density at radius 2 is 1.82 bits per heavy atom. The number of piperidine rings is 3. The molecule has 0 unspecified atom stereocenters. The Balaban J connectivity index is 1.36. The zero-order chi connectivity index (χ0) is 18.9. The van der Waals surface area contributed by atoms with Crippen LogP contribution in [0.1, 0.15) is 74.7 Å². The van der Waals surface area contributed by atoms with Gasteiger partial charge >= 0.3 is 0 Å². The molecule has 0 N–H and O–H groups in total. The van der Waals surface area contributed by atoms with Gasteiger partial charge in [0.1, 0.15) is 5.69 Å². The van der Waals surface area contributed by atoms with E-state index in [9.17, 15) is 4.79 Å². The second kappa shape index (κ2) is 8.10. The quantitative estimate of drug-likeness (QED) is 0.799. The average molecular weight is 383 g/mol. The molecule has 5 rings (SSSR count). The van der Waals surface area contributed by atoms with Crippen molar-refractivity contribution < 1.29 is 4.79 Å². The predicted molar refractivity (Wildman–Crippen MR) is 109 cm³/mol. The number of hydrogen-bond donors (Lipinski definition) is 0. The zero-order valence-electron chi connectivity index (χ0n) is 17.0. The molecule has 28 heavy (non-hydrogen) atoms. The van der Waals surface area contributed by atoms with Crippen LogP contribution in [0.2, 0.25) is 0 Å². The number of aromatic nitrogens is 2. The molecule has 0 radical (unpaired) electrons. The summed E-state index contributed by atoms with van der Waals surface area (Å²) in [6.07, 6.45) is 18.7. The van der Waals surface area contributed by atoms with Crippen molar-refractivity contribution in [2.75, 3.05) is 19.6 Å². The van der Waals surface area contributed by atoms with Crippen molar-refractivity contribution in [1.82, 2.24) is 19.8 Å². The molecule has 1 aromatic rings. The van der Waals surface area contributed by atoms with Crippen LogP contribution >= 0.6 is 0 Å². The predicted octanol–water partition coefficient (Wildman–Crippen LogP) is 3.76. The first-order valence-corrected chi connectivity index (χ1v) is 11.6. The maximum Gasteiger partial charge on any atom is 0.274 e. The van der Waals surface area contributed by atoms with Gasteiger partial charge in [0, 0.05) is 37.6 Å². The monoisotopic (exact) mass is 382 g/mol. The Hall–Kier alpha value is -1.49.